The summed E-state index contributed by atoms with van der Waals surface area (Å²) in [5, 5.41) is 0.500. The highest BCUT2D eigenvalue weighted by Gasteiger charge is 2.50. The molecule has 2 aliphatic rings. The van der Waals surface area contributed by atoms with Crippen molar-refractivity contribution in [2.75, 3.05) is 37.7 Å². The van der Waals surface area contributed by atoms with Crippen molar-refractivity contribution in [1.82, 2.24) is 0 Å². The molecule has 0 radical (unpaired) electrons. The molecule has 2 atom stereocenters. The van der Waals surface area contributed by atoms with Crippen LogP contribution in [-0.4, -0.2) is 63.6 Å². The monoisotopic (exact) mass is 510 g/mol. The van der Waals surface area contributed by atoms with Crippen molar-refractivity contribution in [3.63, 3.8) is 0 Å². The van der Waals surface area contributed by atoms with Gasteiger partial charge in [0.2, 0.25) is 0 Å². The van der Waals surface area contributed by atoms with Crippen LogP contribution < -0.4 is 19.1 Å². The zero-order valence-electron chi connectivity index (χ0n) is 18.3. The lowest BCUT2D eigenvalue weighted by Crippen LogP contribution is -2.38. The molecular formula is C22H23ClN2O6S2. The zero-order valence-corrected chi connectivity index (χ0v) is 20.7. The Morgan fingerprint density at radius 3 is 2.48 bits per heavy atom. The molecule has 0 N–H and O–H groups in total. The molecular weight excluding hydrogens is 488 g/mol. The van der Waals surface area contributed by atoms with E-state index in [9.17, 15) is 13.2 Å². The van der Waals surface area contributed by atoms with Crippen molar-refractivity contribution in [3.8, 4) is 17.2 Å². The van der Waals surface area contributed by atoms with Crippen LogP contribution >= 0.6 is 23.4 Å². The maximum Gasteiger partial charge on any atom is 0.252 e. The Morgan fingerprint density at radius 1 is 1.09 bits per heavy atom. The molecule has 0 bridgehead atoms. The van der Waals surface area contributed by atoms with E-state index >= 15 is 0 Å². The molecule has 4 rings (SSSR count). The van der Waals surface area contributed by atoms with E-state index in [0.717, 1.165) is 5.56 Å². The smallest absolute Gasteiger partial charge is 0.252 e. The number of halogens is 1. The third kappa shape index (κ3) is 4.78. The number of para-hydroxylation sites is 1. The first-order chi connectivity index (χ1) is 15.8. The predicted octanol–water partition coefficient (Wildman–Crippen LogP) is 3.21. The summed E-state index contributed by atoms with van der Waals surface area (Å²) in [7, 11) is 1.33. The van der Waals surface area contributed by atoms with E-state index in [1.807, 2.05) is 18.2 Å². The van der Waals surface area contributed by atoms with Crippen molar-refractivity contribution in [3.05, 3.63) is 47.0 Å². The highest BCUT2D eigenvalue weighted by atomic mass is 35.5. The first-order valence-corrected chi connectivity index (χ1v) is 13.2. The predicted molar refractivity (Wildman–Crippen MR) is 130 cm³/mol. The van der Waals surface area contributed by atoms with Crippen LogP contribution in [0.3, 0.4) is 0 Å². The molecule has 2 saturated heterocycles. The number of sulfone groups is 1. The zero-order chi connectivity index (χ0) is 23.8. The van der Waals surface area contributed by atoms with Crippen LogP contribution in [0.2, 0.25) is 5.02 Å². The first-order valence-electron chi connectivity index (χ1n) is 10.1. The number of hydrogen-bond acceptors (Lipinski definition) is 7. The van der Waals surface area contributed by atoms with Crippen molar-refractivity contribution >= 4 is 50.0 Å². The Bertz CT molecular complexity index is 1220. The molecule has 2 heterocycles. The number of aliphatic imine (C=N–C) groups is 1. The lowest BCUT2D eigenvalue weighted by Gasteiger charge is -2.27. The Kier molecular flexibility index (Phi) is 6.78. The second-order valence-corrected chi connectivity index (χ2v) is 11.4. The van der Waals surface area contributed by atoms with Gasteiger partial charge in [-0.15, -0.1) is 0 Å². The van der Waals surface area contributed by atoms with Crippen LogP contribution in [-0.2, 0) is 21.1 Å². The van der Waals surface area contributed by atoms with Gasteiger partial charge < -0.3 is 19.1 Å². The van der Waals surface area contributed by atoms with Crippen molar-refractivity contribution < 1.29 is 27.4 Å². The van der Waals surface area contributed by atoms with E-state index in [4.69, 9.17) is 25.8 Å². The highest BCUT2D eigenvalue weighted by Crippen LogP contribution is 2.46. The highest BCUT2D eigenvalue weighted by molar-refractivity contribution is 8.16. The summed E-state index contributed by atoms with van der Waals surface area (Å²) in [4.78, 5) is 19.0. The minimum Gasteiger partial charge on any atom is -0.496 e. The molecule has 8 nitrogen and oxygen atoms in total. The van der Waals surface area contributed by atoms with E-state index in [0.29, 0.717) is 33.1 Å². The van der Waals surface area contributed by atoms with Crippen LogP contribution in [0.25, 0.3) is 0 Å². The van der Waals surface area contributed by atoms with Gasteiger partial charge in [-0.1, -0.05) is 41.6 Å². The number of rotatable bonds is 6. The number of carbonyl (C=O) groups is 1. The molecule has 2 aliphatic heterocycles. The maximum absolute atomic E-state index is 12.9. The summed E-state index contributed by atoms with van der Waals surface area (Å²) in [5.41, 5.74) is 1.25. The van der Waals surface area contributed by atoms with Gasteiger partial charge in [0.25, 0.3) is 5.91 Å². The van der Waals surface area contributed by atoms with E-state index in [-0.39, 0.29) is 29.1 Å². The number of fused-ring (bicyclic) bond motifs is 1. The number of methoxy groups -OCH3 is 3. The average Bonchev–Trinajstić information content (AvgIpc) is 3.24. The third-order valence-corrected chi connectivity index (χ3v) is 9.04. The molecule has 0 unspecified atom stereocenters. The van der Waals surface area contributed by atoms with Gasteiger partial charge in [0.05, 0.1) is 56.0 Å². The number of ether oxygens (including phenoxy) is 3. The van der Waals surface area contributed by atoms with Gasteiger partial charge >= 0.3 is 0 Å². The van der Waals surface area contributed by atoms with Crippen molar-refractivity contribution in [2.24, 2.45) is 4.99 Å². The summed E-state index contributed by atoms with van der Waals surface area (Å²) in [6, 6.07) is 10.1. The lowest BCUT2D eigenvalue weighted by molar-refractivity contribution is -0.117. The van der Waals surface area contributed by atoms with Crippen LogP contribution in [0.1, 0.15) is 5.56 Å². The first kappa shape index (κ1) is 23.7. The Balaban J connectivity index is 1.73. The third-order valence-electron chi connectivity index (χ3n) is 5.53. The van der Waals surface area contributed by atoms with Crippen molar-refractivity contribution in [1.29, 1.82) is 0 Å². The molecule has 2 aromatic rings. The number of thioether (sulfide) groups is 1. The molecule has 2 aromatic carbocycles. The Labute approximate surface area is 201 Å². The normalized spacial score (nSPS) is 22.3. The molecule has 33 heavy (non-hydrogen) atoms. The second-order valence-electron chi connectivity index (χ2n) is 7.61. The number of carbonyl (C=O) groups excluding carboxylic acids is 1. The molecule has 0 aliphatic carbocycles. The van der Waals surface area contributed by atoms with Gasteiger partial charge in [-0.25, -0.2) is 8.42 Å². The molecule has 2 fully saturated rings. The van der Waals surface area contributed by atoms with Crippen LogP contribution in [0.15, 0.2) is 41.4 Å². The van der Waals surface area contributed by atoms with Gasteiger partial charge in [-0.3, -0.25) is 4.79 Å². The Hall–Kier alpha value is -2.43. The molecule has 0 spiro atoms. The van der Waals surface area contributed by atoms with E-state index < -0.39 is 15.9 Å². The minimum atomic E-state index is -3.22. The van der Waals surface area contributed by atoms with Gasteiger partial charge in [0.1, 0.15) is 17.2 Å². The number of nitrogens with zero attached hydrogens (tertiary/aromatic N) is 2. The number of amides is 1. The molecule has 1 amide bonds. The SMILES string of the molecule is COc1cc(OC)c(N2C(=NC(=O)Cc3ccccc3OC)S[C@H]3CS(=O)(=O)C[C@H]32)cc1Cl. The quantitative estimate of drug-likeness (QED) is 0.584. The summed E-state index contributed by atoms with van der Waals surface area (Å²) in [6.45, 7) is 0. The molecule has 11 heteroatoms. The van der Waals surface area contributed by atoms with Crippen LogP contribution in [0, 0.1) is 0 Å². The number of amidine groups is 1. The van der Waals surface area contributed by atoms with E-state index in [1.54, 1.807) is 30.2 Å². The Morgan fingerprint density at radius 2 is 1.79 bits per heavy atom. The fourth-order valence-electron chi connectivity index (χ4n) is 4.04. The number of anilines is 1. The van der Waals surface area contributed by atoms with Crippen LogP contribution in [0.4, 0.5) is 5.69 Å². The number of benzene rings is 2. The average molecular weight is 511 g/mol. The summed E-state index contributed by atoms with van der Waals surface area (Å²) >= 11 is 7.66. The fraction of sp³-hybridized carbons (Fsp3) is 0.364. The maximum atomic E-state index is 12.9. The largest absolute Gasteiger partial charge is 0.496 e. The summed E-state index contributed by atoms with van der Waals surface area (Å²) in [5.74, 6) is 1.07. The van der Waals surface area contributed by atoms with E-state index in [1.165, 1.54) is 26.0 Å². The van der Waals surface area contributed by atoms with Crippen molar-refractivity contribution in [2.45, 2.75) is 17.7 Å². The minimum absolute atomic E-state index is 0.0186. The van der Waals surface area contributed by atoms with Gasteiger partial charge in [-0.05, 0) is 12.1 Å². The molecule has 176 valence electrons. The van der Waals surface area contributed by atoms with Gasteiger partial charge in [-0.2, -0.15) is 4.99 Å². The van der Waals surface area contributed by atoms with E-state index in [2.05, 4.69) is 4.99 Å². The molecule has 0 saturated carbocycles. The summed E-state index contributed by atoms with van der Waals surface area (Å²) < 4.78 is 40.8. The molecule has 0 aromatic heterocycles. The lowest BCUT2D eigenvalue weighted by atomic mass is 10.1. The summed E-state index contributed by atoms with van der Waals surface area (Å²) in [6.07, 6.45) is 0.0516. The van der Waals surface area contributed by atoms with Gasteiger partial charge in [0.15, 0.2) is 15.0 Å². The van der Waals surface area contributed by atoms with Gasteiger partial charge in [0, 0.05) is 16.9 Å². The second kappa shape index (κ2) is 9.44. The standard InChI is InChI=1S/C22H23ClN2O6S2/c1-29-17-7-5-4-6-13(17)8-21(26)24-22-25(16-11-33(27,28)12-20(16)32-22)15-9-14(23)18(30-2)10-19(15)31-3/h4-7,9-10,16,20H,8,11-12H2,1-3H3/t16-,20+/m1/s1. The van der Waals surface area contributed by atoms with Crippen LogP contribution in [0.5, 0.6) is 17.2 Å². The topological polar surface area (TPSA) is 94.5 Å². The fourth-order valence-corrected chi connectivity index (χ4v) is 8.20. The number of hydrogen-bond donors (Lipinski definition) is 0.